The van der Waals surface area contributed by atoms with Crippen molar-refractivity contribution >= 4 is 5.96 Å². The molecule has 1 aliphatic carbocycles. The number of hydrogen-bond donors (Lipinski definition) is 2. The summed E-state index contributed by atoms with van der Waals surface area (Å²) in [5.74, 6) is 2.25. The molecule has 1 fully saturated rings. The Morgan fingerprint density at radius 2 is 2.04 bits per heavy atom. The summed E-state index contributed by atoms with van der Waals surface area (Å²) in [5, 5.41) is 14.7. The van der Waals surface area contributed by atoms with Crippen LogP contribution in [0.25, 0.3) is 0 Å². The van der Waals surface area contributed by atoms with E-state index in [9.17, 15) is 4.39 Å². The quantitative estimate of drug-likeness (QED) is 0.646. The molecule has 0 bridgehead atoms. The van der Waals surface area contributed by atoms with Crippen molar-refractivity contribution in [3.05, 3.63) is 47.3 Å². The lowest BCUT2D eigenvalue weighted by atomic mass is 9.95. The van der Waals surface area contributed by atoms with Gasteiger partial charge in [-0.3, -0.25) is 4.99 Å². The van der Waals surface area contributed by atoms with Crippen LogP contribution in [-0.4, -0.2) is 34.3 Å². The fourth-order valence-electron chi connectivity index (χ4n) is 2.82. The molecule has 0 unspecified atom stereocenters. The van der Waals surface area contributed by atoms with Gasteiger partial charge >= 0.3 is 0 Å². The number of guanidine groups is 1. The van der Waals surface area contributed by atoms with Gasteiger partial charge in [-0.1, -0.05) is 18.2 Å². The molecule has 2 N–H and O–H groups in total. The molecule has 1 aromatic carbocycles. The van der Waals surface area contributed by atoms with E-state index in [4.69, 9.17) is 0 Å². The molecule has 7 heteroatoms. The van der Waals surface area contributed by atoms with Crippen molar-refractivity contribution in [1.29, 1.82) is 0 Å². The average molecular weight is 330 g/mol. The molecule has 0 saturated heterocycles. The predicted molar refractivity (Wildman–Crippen MR) is 91.3 cm³/mol. The Hall–Kier alpha value is -2.44. The van der Waals surface area contributed by atoms with Crippen LogP contribution in [0.1, 0.15) is 30.1 Å². The number of rotatable bonds is 5. The predicted octanol–water partition coefficient (Wildman–Crippen LogP) is 1.66. The molecule has 6 nitrogen and oxygen atoms in total. The van der Waals surface area contributed by atoms with Crippen molar-refractivity contribution in [2.75, 3.05) is 13.6 Å². The Morgan fingerprint density at radius 3 is 2.62 bits per heavy atom. The summed E-state index contributed by atoms with van der Waals surface area (Å²) < 4.78 is 16.0. The number of aryl methyl sites for hydroxylation is 1. The van der Waals surface area contributed by atoms with Gasteiger partial charge in [0.2, 0.25) is 0 Å². The van der Waals surface area contributed by atoms with E-state index < -0.39 is 0 Å². The Balaban J connectivity index is 1.59. The van der Waals surface area contributed by atoms with E-state index in [0.717, 1.165) is 30.1 Å². The van der Waals surface area contributed by atoms with Crippen molar-refractivity contribution in [1.82, 2.24) is 25.4 Å². The van der Waals surface area contributed by atoms with Crippen LogP contribution in [0.15, 0.2) is 29.3 Å². The highest BCUT2D eigenvalue weighted by molar-refractivity contribution is 5.79. The molecule has 0 spiro atoms. The maximum atomic E-state index is 14.1. The third-order valence-corrected chi connectivity index (χ3v) is 4.71. The number of halogens is 1. The van der Waals surface area contributed by atoms with E-state index in [2.05, 4.69) is 25.8 Å². The zero-order valence-corrected chi connectivity index (χ0v) is 14.3. The van der Waals surface area contributed by atoms with Crippen molar-refractivity contribution < 1.29 is 4.39 Å². The molecule has 3 rings (SSSR count). The lowest BCUT2D eigenvalue weighted by Gasteiger charge is -2.19. The molecule has 0 amide bonds. The third-order valence-electron chi connectivity index (χ3n) is 4.71. The normalized spacial score (nSPS) is 16.1. The van der Waals surface area contributed by atoms with Crippen LogP contribution in [0.2, 0.25) is 0 Å². The van der Waals surface area contributed by atoms with Crippen LogP contribution in [0.3, 0.4) is 0 Å². The molecule has 1 aromatic heterocycles. The van der Waals surface area contributed by atoms with Crippen LogP contribution >= 0.6 is 0 Å². The fraction of sp³-hybridized carbons (Fsp3) is 0.471. The second-order valence-electron chi connectivity index (χ2n) is 6.26. The van der Waals surface area contributed by atoms with Gasteiger partial charge in [-0.2, -0.15) is 0 Å². The Morgan fingerprint density at radius 1 is 1.29 bits per heavy atom. The first-order valence-electron chi connectivity index (χ1n) is 8.10. The van der Waals surface area contributed by atoms with Crippen molar-refractivity contribution in [2.24, 2.45) is 12.0 Å². The molecule has 0 atom stereocenters. The smallest absolute Gasteiger partial charge is 0.191 e. The molecular formula is C17H23FN6. The number of aliphatic imine (C=N–C) groups is 1. The molecule has 128 valence electrons. The van der Waals surface area contributed by atoms with Gasteiger partial charge in [0.05, 0.1) is 6.54 Å². The van der Waals surface area contributed by atoms with Crippen molar-refractivity contribution in [2.45, 2.75) is 31.7 Å². The molecule has 0 radical (unpaired) electrons. The first kappa shape index (κ1) is 16.4. The van der Waals surface area contributed by atoms with Crippen LogP contribution in [0.4, 0.5) is 4.39 Å². The van der Waals surface area contributed by atoms with E-state index >= 15 is 0 Å². The van der Waals surface area contributed by atoms with Crippen molar-refractivity contribution in [3.8, 4) is 0 Å². The number of benzene rings is 1. The largest absolute Gasteiger partial charge is 0.356 e. The van der Waals surface area contributed by atoms with E-state index in [1.165, 1.54) is 6.07 Å². The first-order valence-corrected chi connectivity index (χ1v) is 8.10. The molecule has 1 heterocycles. The second-order valence-corrected chi connectivity index (χ2v) is 6.26. The molecule has 1 aliphatic rings. The summed E-state index contributed by atoms with van der Waals surface area (Å²) in [6.45, 7) is 3.10. The van der Waals surface area contributed by atoms with E-state index in [1.54, 1.807) is 13.1 Å². The highest BCUT2D eigenvalue weighted by Crippen LogP contribution is 2.48. The number of nitrogens with zero attached hydrogens (tertiary/aromatic N) is 4. The maximum Gasteiger partial charge on any atom is 0.191 e. The van der Waals surface area contributed by atoms with Gasteiger partial charge in [-0.05, 0) is 31.4 Å². The average Bonchev–Trinajstić information content (AvgIpc) is 3.31. The summed E-state index contributed by atoms with van der Waals surface area (Å²) in [6, 6.07) is 7.02. The van der Waals surface area contributed by atoms with Crippen LogP contribution < -0.4 is 10.6 Å². The summed E-state index contributed by atoms with van der Waals surface area (Å²) in [4.78, 5) is 4.23. The van der Waals surface area contributed by atoms with E-state index in [0.29, 0.717) is 19.0 Å². The maximum absolute atomic E-state index is 14.1. The van der Waals surface area contributed by atoms with Gasteiger partial charge in [-0.25, -0.2) is 4.39 Å². The fourth-order valence-corrected chi connectivity index (χ4v) is 2.82. The minimum atomic E-state index is -0.130. The number of hydrogen-bond acceptors (Lipinski definition) is 3. The second kappa shape index (κ2) is 6.59. The van der Waals surface area contributed by atoms with Gasteiger partial charge in [0.1, 0.15) is 11.6 Å². The zero-order chi connectivity index (χ0) is 17.2. The highest BCUT2D eigenvalue weighted by Gasteiger charge is 2.45. The van der Waals surface area contributed by atoms with Crippen LogP contribution in [0, 0.1) is 12.7 Å². The molecule has 1 saturated carbocycles. The first-order chi connectivity index (χ1) is 11.6. The summed E-state index contributed by atoms with van der Waals surface area (Å²) >= 11 is 0. The van der Waals surface area contributed by atoms with Gasteiger partial charge < -0.3 is 15.2 Å². The monoisotopic (exact) mass is 330 g/mol. The van der Waals surface area contributed by atoms with Crippen molar-refractivity contribution in [3.63, 3.8) is 0 Å². The minimum absolute atomic E-state index is 0.121. The van der Waals surface area contributed by atoms with Gasteiger partial charge in [0.15, 0.2) is 11.8 Å². The van der Waals surface area contributed by atoms with Crippen LogP contribution in [0.5, 0.6) is 0 Å². The molecule has 2 aromatic rings. The molecular weight excluding hydrogens is 307 g/mol. The summed E-state index contributed by atoms with van der Waals surface area (Å²) in [6.07, 6.45) is 1.97. The lowest BCUT2D eigenvalue weighted by molar-refractivity contribution is 0.559. The minimum Gasteiger partial charge on any atom is -0.356 e. The van der Waals surface area contributed by atoms with Gasteiger partial charge in [0.25, 0.3) is 0 Å². The van der Waals surface area contributed by atoms with Gasteiger partial charge in [-0.15, -0.1) is 10.2 Å². The standard InChI is InChI=1S/C17H23FN6/c1-12-22-23-15(24(12)3)10-20-16(19-2)21-11-17(8-9-17)13-6-4-5-7-14(13)18/h4-7H,8-11H2,1-3H3,(H2,19,20,21). The number of aromatic nitrogens is 3. The van der Waals surface area contributed by atoms with E-state index in [-0.39, 0.29) is 11.2 Å². The summed E-state index contributed by atoms with van der Waals surface area (Å²) in [5.41, 5.74) is 0.668. The molecule has 0 aliphatic heterocycles. The Kier molecular flexibility index (Phi) is 4.51. The van der Waals surface area contributed by atoms with Gasteiger partial charge in [0, 0.05) is 26.1 Å². The SMILES string of the molecule is CN=C(NCc1nnc(C)n1C)NCC1(c2ccccc2F)CC1. The van der Waals surface area contributed by atoms with Crippen LogP contribution in [-0.2, 0) is 19.0 Å². The molecule has 24 heavy (non-hydrogen) atoms. The Bertz CT molecular complexity index is 747. The topological polar surface area (TPSA) is 67.1 Å². The highest BCUT2D eigenvalue weighted by atomic mass is 19.1. The van der Waals surface area contributed by atoms with E-state index in [1.807, 2.05) is 30.7 Å². The Labute approximate surface area is 141 Å². The zero-order valence-electron chi connectivity index (χ0n) is 14.3. The lowest BCUT2D eigenvalue weighted by Crippen LogP contribution is -2.41. The summed E-state index contributed by atoms with van der Waals surface area (Å²) in [7, 11) is 3.65. The number of nitrogens with one attached hydrogen (secondary N) is 2. The third kappa shape index (κ3) is 3.25.